The molecule has 6 heteroatoms. The van der Waals surface area contributed by atoms with Crippen LogP contribution in [-0.2, 0) is 9.53 Å². The SMILES string of the molecule is O=C(CCC1CCOCC1)NC[C@H](O)c1ccc2c(c1)OCCO2. The summed E-state index contributed by atoms with van der Waals surface area (Å²) in [5, 5.41) is 13.1. The summed E-state index contributed by atoms with van der Waals surface area (Å²) in [4.78, 5) is 12.0. The molecule has 0 bridgehead atoms. The first-order chi connectivity index (χ1) is 11.7. The highest BCUT2D eigenvalue weighted by Gasteiger charge is 2.17. The van der Waals surface area contributed by atoms with E-state index >= 15 is 0 Å². The van der Waals surface area contributed by atoms with Gasteiger partial charge in [-0.1, -0.05) is 6.07 Å². The summed E-state index contributed by atoms with van der Waals surface area (Å²) in [6.07, 6.45) is 2.70. The van der Waals surface area contributed by atoms with Crippen LogP contribution in [0.25, 0.3) is 0 Å². The molecule has 1 aromatic rings. The molecular formula is C18H25NO5. The van der Waals surface area contributed by atoms with E-state index in [9.17, 15) is 9.90 Å². The lowest BCUT2D eigenvalue weighted by atomic mass is 9.95. The summed E-state index contributed by atoms with van der Waals surface area (Å²) >= 11 is 0. The molecule has 1 atom stereocenters. The van der Waals surface area contributed by atoms with E-state index in [1.165, 1.54) is 0 Å². The molecule has 24 heavy (non-hydrogen) atoms. The minimum atomic E-state index is -0.757. The van der Waals surface area contributed by atoms with Gasteiger partial charge in [-0.3, -0.25) is 4.79 Å². The fraction of sp³-hybridized carbons (Fsp3) is 0.611. The lowest BCUT2D eigenvalue weighted by Gasteiger charge is -2.22. The van der Waals surface area contributed by atoms with Crippen LogP contribution in [0.2, 0.25) is 0 Å². The van der Waals surface area contributed by atoms with Gasteiger partial charge in [0, 0.05) is 26.2 Å². The van der Waals surface area contributed by atoms with Crippen molar-refractivity contribution in [3.8, 4) is 11.5 Å². The van der Waals surface area contributed by atoms with Gasteiger partial charge in [0.25, 0.3) is 0 Å². The van der Waals surface area contributed by atoms with Crippen LogP contribution in [0.1, 0.15) is 37.4 Å². The highest BCUT2D eigenvalue weighted by Crippen LogP contribution is 2.32. The summed E-state index contributed by atoms with van der Waals surface area (Å²) in [6, 6.07) is 5.36. The number of amides is 1. The third-order valence-corrected chi connectivity index (χ3v) is 4.56. The average molecular weight is 335 g/mol. The van der Waals surface area contributed by atoms with Crippen LogP contribution < -0.4 is 14.8 Å². The van der Waals surface area contributed by atoms with Gasteiger partial charge in [0.2, 0.25) is 5.91 Å². The summed E-state index contributed by atoms with van der Waals surface area (Å²) in [7, 11) is 0. The monoisotopic (exact) mass is 335 g/mol. The number of carbonyl (C=O) groups excluding carboxylic acids is 1. The normalized spacial score (nSPS) is 18.9. The second-order valence-electron chi connectivity index (χ2n) is 6.32. The molecule has 0 aromatic heterocycles. The minimum Gasteiger partial charge on any atom is -0.486 e. The number of ether oxygens (including phenoxy) is 3. The van der Waals surface area contributed by atoms with E-state index in [2.05, 4.69) is 5.32 Å². The summed E-state index contributed by atoms with van der Waals surface area (Å²) in [5.74, 6) is 1.90. The van der Waals surface area contributed by atoms with Gasteiger partial charge in [0.15, 0.2) is 11.5 Å². The highest BCUT2D eigenvalue weighted by atomic mass is 16.6. The first-order valence-corrected chi connectivity index (χ1v) is 8.64. The van der Waals surface area contributed by atoms with E-state index in [0.717, 1.165) is 32.5 Å². The van der Waals surface area contributed by atoms with Crippen molar-refractivity contribution < 1.29 is 24.1 Å². The number of benzene rings is 1. The predicted molar refractivity (Wildman–Crippen MR) is 88.2 cm³/mol. The minimum absolute atomic E-state index is 0.0157. The van der Waals surface area contributed by atoms with E-state index in [0.29, 0.717) is 42.6 Å². The molecule has 0 unspecified atom stereocenters. The Labute approximate surface area is 142 Å². The van der Waals surface area contributed by atoms with Crippen LogP contribution in [0.3, 0.4) is 0 Å². The smallest absolute Gasteiger partial charge is 0.220 e. The average Bonchev–Trinajstić information content (AvgIpc) is 2.65. The molecule has 0 saturated carbocycles. The molecule has 0 radical (unpaired) electrons. The maximum absolute atomic E-state index is 12.0. The van der Waals surface area contributed by atoms with Crippen LogP contribution in [0, 0.1) is 5.92 Å². The molecule has 2 heterocycles. The molecule has 1 saturated heterocycles. The van der Waals surface area contributed by atoms with Gasteiger partial charge in [0.05, 0.1) is 6.10 Å². The summed E-state index contributed by atoms with van der Waals surface area (Å²) in [6.45, 7) is 2.85. The van der Waals surface area contributed by atoms with E-state index in [-0.39, 0.29) is 12.5 Å². The van der Waals surface area contributed by atoms with Crippen molar-refractivity contribution >= 4 is 5.91 Å². The molecule has 1 aromatic carbocycles. The van der Waals surface area contributed by atoms with Crippen molar-refractivity contribution in [2.24, 2.45) is 5.92 Å². The lowest BCUT2D eigenvalue weighted by Crippen LogP contribution is -2.29. The van der Waals surface area contributed by atoms with Gasteiger partial charge in [-0.15, -0.1) is 0 Å². The second kappa shape index (κ2) is 8.35. The van der Waals surface area contributed by atoms with Crippen molar-refractivity contribution in [2.75, 3.05) is 33.0 Å². The zero-order valence-electron chi connectivity index (χ0n) is 13.8. The van der Waals surface area contributed by atoms with Crippen LogP contribution in [-0.4, -0.2) is 44.0 Å². The molecule has 2 N–H and O–H groups in total. The Hall–Kier alpha value is -1.79. The number of fused-ring (bicyclic) bond motifs is 1. The highest BCUT2D eigenvalue weighted by molar-refractivity contribution is 5.75. The maximum Gasteiger partial charge on any atom is 0.220 e. The van der Waals surface area contributed by atoms with Crippen LogP contribution >= 0.6 is 0 Å². The van der Waals surface area contributed by atoms with Crippen molar-refractivity contribution in [2.45, 2.75) is 31.8 Å². The van der Waals surface area contributed by atoms with Crippen molar-refractivity contribution in [3.63, 3.8) is 0 Å². The molecule has 0 spiro atoms. The van der Waals surface area contributed by atoms with E-state index in [4.69, 9.17) is 14.2 Å². The van der Waals surface area contributed by atoms with Crippen molar-refractivity contribution in [3.05, 3.63) is 23.8 Å². The number of carbonyl (C=O) groups is 1. The number of rotatable bonds is 6. The third kappa shape index (κ3) is 4.61. The largest absolute Gasteiger partial charge is 0.486 e. The number of nitrogens with one attached hydrogen (secondary N) is 1. The lowest BCUT2D eigenvalue weighted by molar-refractivity contribution is -0.122. The molecule has 132 valence electrons. The van der Waals surface area contributed by atoms with Crippen LogP contribution in [0.5, 0.6) is 11.5 Å². The number of hydrogen-bond acceptors (Lipinski definition) is 5. The first-order valence-electron chi connectivity index (χ1n) is 8.64. The Morgan fingerprint density at radius 1 is 1.17 bits per heavy atom. The topological polar surface area (TPSA) is 77.0 Å². The Bertz CT molecular complexity index is 556. The first kappa shape index (κ1) is 17.0. The second-order valence-corrected chi connectivity index (χ2v) is 6.32. The fourth-order valence-electron chi connectivity index (χ4n) is 3.05. The predicted octanol–water partition coefficient (Wildman–Crippen LogP) is 1.81. The maximum atomic E-state index is 12.0. The summed E-state index contributed by atoms with van der Waals surface area (Å²) in [5.41, 5.74) is 0.712. The number of aliphatic hydroxyl groups is 1. The molecule has 2 aliphatic rings. The fourth-order valence-corrected chi connectivity index (χ4v) is 3.05. The zero-order chi connectivity index (χ0) is 16.8. The van der Waals surface area contributed by atoms with Gasteiger partial charge < -0.3 is 24.6 Å². The van der Waals surface area contributed by atoms with Gasteiger partial charge >= 0.3 is 0 Å². The zero-order valence-corrected chi connectivity index (χ0v) is 13.8. The van der Waals surface area contributed by atoms with Crippen LogP contribution in [0.4, 0.5) is 0 Å². The Balaban J connectivity index is 1.43. The molecule has 1 fully saturated rings. The number of aliphatic hydroxyl groups excluding tert-OH is 1. The van der Waals surface area contributed by atoms with Gasteiger partial charge in [0.1, 0.15) is 13.2 Å². The summed E-state index contributed by atoms with van der Waals surface area (Å²) < 4.78 is 16.3. The standard InChI is InChI=1S/C18H25NO5/c20-15(14-2-3-16-17(11-14)24-10-9-23-16)12-19-18(21)4-1-13-5-7-22-8-6-13/h2-3,11,13,15,20H,1,4-10,12H2,(H,19,21)/t15-/m0/s1. The molecule has 2 aliphatic heterocycles. The van der Waals surface area contributed by atoms with Crippen LogP contribution in [0.15, 0.2) is 18.2 Å². The van der Waals surface area contributed by atoms with E-state index < -0.39 is 6.10 Å². The molecule has 1 amide bonds. The van der Waals surface area contributed by atoms with E-state index in [1.807, 2.05) is 0 Å². The van der Waals surface area contributed by atoms with Gasteiger partial charge in [-0.25, -0.2) is 0 Å². The van der Waals surface area contributed by atoms with E-state index in [1.54, 1.807) is 18.2 Å². The van der Waals surface area contributed by atoms with Gasteiger partial charge in [-0.2, -0.15) is 0 Å². The van der Waals surface area contributed by atoms with Gasteiger partial charge in [-0.05, 0) is 42.9 Å². The number of hydrogen-bond donors (Lipinski definition) is 2. The Kier molecular flexibility index (Phi) is 5.93. The Morgan fingerprint density at radius 3 is 2.71 bits per heavy atom. The van der Waals surface area contributed by atoms with Crippen molar-refractivity contribution in [1.82, 2.24) is 5.32 Å². The molecule has 3 rings (SSSR count). The Morgan fingerprint density at radius 2 is 1.92 bits per heavy atom. The molecular weight excluding hydrogens is 310 g/mol. The van der Waals surface area contributed by atoms with Crippen molar-refractivity contribution in [1.29, 1.82) is 0 Å². The molecule has 6 nitrogen and oxygen atoms in total. The molecule has 0 aliphatic carbocycles. The quantitative estimate of drug-likeness (QED) is 0.829. The third-order valence-electron chi connectivity index (χ3n) is 4.56.